The molecule has 9 nitrogen and oxygen atoms in total. The van der Waals surface area contributed by atoms with Crippen molar-refractivity contribution in [3.8, 4) is 5.69 Å². The van der Waals surface area contributed by atoms with Crippen LogP contribution in [0.15, 0.2) is 67.1 Å². The third-order valence-electron chi connectivity index (χ3n) is 7.17. The first-order chi connectivity index (χ1) is 20.0. The summed E-state index contributed by atoms with van der Waals surface area (Å²) in [4.78, 5) is 29.3. The lowest BCUT2D eigenvalue weighted by Crippen LogP contribution is -2.52. The van der Waals surface area contributed by atoms with Gasteiger partial charge in [-0.1, -0.05) is 24.3 Å². The number of ether oxygens (including phenoxy) is 1. The highest BCUT2D eigenvalue weighted by Crippen LogP contribution is 2.28. The molecule has 1 atom stereocenters. The van der Waals surface area contributed by atoms with E-state index in [0.29, 0.717) is 6.61 Å². The SMILES string of the molecule is CN1CCN(C(C)(C)c2ccn(-c3ccccc3)n2)CC1.O=C1OCC[C@H]1Cc1cccnc1.O=CNCC(F)(F)F. The van der Waals surface area contributed by atoms with Gasteiger partial charge in [0, 0.05) is 44.8 Å². The summed E-state index contributed by atoms with van der Waals surface area (Å²) in [6, 6.07) is 16.3. The monoisotopic (exact) mass is 588 g/mol. The molecule has 2 fully saturated rings. The summed E-state index contributed by atoms with van der Waals surface area (Å²) in [6.07, 6.45) is 2.90. The van der Waals surface area contributed by atoms with Crippen LogP contribution in [0.1, 0.15) is 31.5 Å². The van der Waals surface area contributed by atoms with Crippen molar-refractivity contribution in [3.05, 3.63) is 78.4 Å². The summed E-state index contributed by atoms with van der Waals surface area (Å²) in [5, 5.41) is 6.29. The first-order valence-corrected chi connectivity index (χ1v) is 13.8. The highest BCUT2D eigenvalue weighted by atomic mass is 19.4. The van der Waals surface area contributed by atoms with Crippen molar-refractivity contribution in [1.29, 1.82) is 0 Å². The zero-order valence-electron chi connectivity index (χ0n) is 24.3. The molecule has 0 unspecified atom stereocenters. The fraction of sp³-hybridized carbons (Fsp3) is 0.467. The molecule has 1 N–H and O–H groups in total. The van der Waals surface area contributed by atoms with Crippen LogP contribution in [-0.2, 0) is 26.3 Å². The second-order valence-electron chi connectivity index (χ2n) is 10.7. The number of alkyl halides is 3. The molecule has 2 aliphatic heterocycles. The molecule has 0 aliphatic carbocycles. The van der Waals surface area contributed by atoms with Crippen molar-refractivity contribution in [2.75, 3.05) is 46.4 Å². The quantitative estimate of drug-likeness (QED) is 0.331. The van der Waals surface area contributed by atoms with Crippen molar-refractivity contribution in [2.24, 2.45) is 5.92 Å². The molecule has 42 heavy (non-hydrogen) atoms. The van der Waals surface area contributed by atoms with E-state index >= 15 is 0 Å². The number of hydrogen-bond acceptors (Lipinski definition) is 7. The minimum Gasteiger partial charge on any atom is -0.465 e. The second-order valence-corrected chi connectivity index (χ2v) is 10.7. The molecule has 0 radical (unpaired) electrons. The Morgan fingerprint density at radius 3 is 2.31 bits per heavy atom. The number of hydrogen-bond donors (Lipinski definition) is 1. The number of carbonyl (C=O) groups excluding carboxylic acids is 2. The number of nitrogens with zero attached hydrogens (tertiary/aromatic N) is 5. The van der Waals surface area contributed by atoms with E-state index in [2.05, 4.69) is 60.1 Å². The molecule has 2 aromatic heterocycles. The number of aromatic nitrogens is 3. The largest absolute Gasteiger partial charge is 0.465 e. The molecule has 228 valence electrons. The molecule has 0 spiro atoms. The first-order valence-electron chi connectivity index (χ1n) is 13.8. The van der Waals surface area contributed by atoms with Crippen LogP contribution < -0.4 is 5.32 Å². The Balaban J connectivity index is 0.000000196. The zero-order chi connectivity index (χ0) is 30.6. The Hall–Kier alpha value is -3.77. The number of esters is 1. The Morgan fingerprint density at radius 2 is 1.76 bits per heavy atom. The van der Waals surface area contributed by atoms with Crippen LogP contribution in [0.4, 0.5) is 13.2 Å². The molecule has 0 bridgehead atoms. The topological polar surface area (TPSA) is 92.6 Å². The van der Waals surface area contributed by atoms with Crippen molar-refractivity contribution in [2.45, 2.75) is 38.4 Å². The summed E-state index contributed by atoms with van der Waals surface area (Å²) in [5.74, 6) is -0.0203. The van der Waals surface area contributed by atoms with Crippen molar-refractivity contribution in [1.82, 2.24) is 29.9 Å². The van der Waals surface area contributed by atoms with Gasteiger partial charge < -0.3 is 15.0 Å². The van der Waals surface area contributed by atoms with Gasteiger partial charge in [0.25, 0.3) is 0 Å². The molecular weight excluding hydrogens is 549 g/mol. The lowest BCUT2D eigenvalue weighted by molar-refractivity contribution is -0.141. The fourth-order valence-corrected chi connectivity index (χ4v) is 4.59. The van der Waals surface area contributed by atoms with Gasteiger partial charge in [0.15, 0.2) is 0 Å². The summed E-state index contributed by atoms with van der Waals surface area (Å²) in [5.41, 5.74) is 3.32. The van der Waals surface area contributed by atoms with E-state index in [1.165, 1.54) is 5.32 Å². The van der Waals surface area contributed by atoms with Gasteiger partial charge >= 0.3 is 12.1 Å². The highest BCUT2D eigenvalue weighted by Gasteiger charge is 2.33. The van der Waals surface area contributed by atoms with Gasteiger partial charge in [0.2, 0.25) is 6.41 Å². The Labute approximate surface area is 244 Å². The number of rotatable bonds is 7. The summed E-state index contributed by atoms with van der Waals surface area (Å²) < 4.78 is 39.9. The van der Waals surface area contributed by atoms with Gasteiger partial charge in [-0.3, -0.25) is 19.5 Å². The number of piperazine rings is 1. The molecule has 12 heteroatoms. The van der Waals surface area contributed by atoms with E-state index in [1.807, 2.05) is 35.0 Å². The number of cyclic esters (lactones) is 1. The van der Waals surface area contributed by atoms with Crippen LogP contribution in [-0.4, -0.2) is 89.5 Å². The molecule has 4 heterocycles. The minimum atomic E-state index is -4.29. The average Bonchev–Trinajstić information content (AvgIpc) is 3.64. The van der Waals surface area contributed by atoms with E-state index in [-0.39, 0.29) is 23.8 Å². The number of amides is 1. The standard InChI is InChI=1S/C17H24N4.C10H11NO2.C3H4F3NO/c1-17(2,20-13-11-19(3)12-14-20)16-9-10-21(18-16)15-7-5-4-6-8-15;12-10-9(3-5-13-10)6-8-2-1-4-11-7-8;4-3(5,6)1-7-2-8/h4-10H,11-14H2,1-3H3;1-2,4,7,9H,3,5-6H2;2H,1H2,(H,7,8)/t;9-;/m.0./s1. The van der Waals surface area contributed by atoms with Gasteiger partial charge in [0.1, 0.15) is 6.54 Å². The van der Waals surface area contributed by atoms with E-state index in [9.17, 15) is 22.8 Å². The smallest absolute Gasteiger partial charge is 0.405 e. The molecule has 1 amide bonds. The normalized spacial score (nSPS) is 17.8. The van der Waals surface area contributed by atoms with Gasteiger partial charge in [-0.15, -0.1) is 0 Å². The lowest BCUT2D eigenvalue weighted by atomic mass is 9.97. The number of carbonyl (C=O) groups is 2. The molecule has 5 rings (SSSR count). The van der Waals surface area contributed by atoms with Crippen LogP contribution in [0.5, 0.6) is 0 Å². The van der Waals surface area contributed by atoms with E-state index in [1.54, 1.807) is 12.4 Å². The maximum Gasteiger partial charge on any atom is 0.405 e. The fourth-order valence-electron chi connectivity index (χ4n) is 4.59. The van der Waals surface area contributed by atoms with Crippen LogP contribution in [0, 0.1) is 5.92 Å². The van der Waals surface area contributed by atoms with Crippen molar-refractivity contribution in [3.63, 3.8) is 0 Å². The van der Waals surface area contributed by atoms with E-state index in [0.717, 1.165) is 56.0 Å². The number of likely N-dealkylation sites (N-methyl/N-ethyl adjacent to an activating group) is 1. The number of para-hydroxylation sites is 1. The van der Waals surface area contributed by atoms with E-state index < -0.39 is 12.7 Å². The van der Waals surface area contributed by atoms with E-state index in [4.69, 9.17) is 9.84 Å². The third-order valence-corrected chi connectivity index (χ3v) is 7.17. The van der Waals surface area contributed by atoms with Gasteiger partial charge in [-0.2, -0.15) is 18.3 Å². The molecule has 2 saturated heterocycles. The maximum atomic E-state index is 11.1. The second kappa shape index (κ2) is 15.5. The number of nitrogens with one attached hydrogen (secondary N) is 1. The molecule has 0 saturated carbocycles. The molecule has 2 aliphatic rings. The molecule has 1 aromatic carbocycles. The maximum absolute atomic E-state index is 11.1. The number of pyridine rings is 1. The van der Waals surface area contributed by atoms with Gasteiger partial charge in [-0.25, -0.2) is 4.68 Å². The van der Waals surface area contributed by atoms with Crippen LogP contribution in [0.25, 0.3) is 5.69 Å². The van der Waals surface area contributed by atoms with Gasteiger partial charge in [0.05, 0.1) is 29.4 Å². The Kier molecular flexibility index (Phi) is 12.0. The van der Waals surface area contributed by atoms with Crippen molar-refractivity contribution < 1.29 is 27.5 Å². The lowest BCUT2D eigenvalue weighted by Gasteiger charge is -2.42. The average molecular weight is 589 g/mol. The van der Waals surface area contributed by atoms with Crippen LogP contribution in [0.2, 0.25) is 0 Å². The summed E-state index contributed by atoms with van der Waals surface area (Å²) in [7, 11) is 2.19. The summed E-state index contributed by atoms with van der Waals surface area (Å²) >= 11 is 0. The Morgan fingerprint density at radius 1 is 1.05 bits per heavy atom. The third kappa shape index (κ3) is 10.3. The Bertz CT molecular complexity index is 1230. The zero-order valence-corrected chi connectivity index (χ0v) is 24.3. The highest BCUT2D eigenvalue weighted by molar-refractivity contribution is 5.74. The number of halogens is 3. The summed E-state index contributed by atoms with van der Waals surface area (Å²) in [6.45, 7) is 8.32. The predicted octanol–water partition coefficient (Wildman–Crippen LogP) is 3.84. The van der Waals surface area contributed by atoms with Crippen molar-refractivity contribution >= 4 is 12.4 Å². The first kappa shape index (κ1) is 32.7. The predicted molar refractivity (Wildman–Crippen MR) is 153 cm³/mol. The van der Waals surface area contributed by atoms with Crippen LogP contribution >= 0.6 is 0 Å². The minimum absolute atomic E-state index is 0.00743. The molecule has 3 aromatic rings. The number of benzene rings is 1. The van der Waals surface area contributed by atoms with Crippen LogP contribution in [0.3, 0.4) is 0 Å². The van der Waals surface area contributed by atoms with Gasteiger partial charge in [-0.05, 0) is 63.6 Å². The molecular formula is C30H39F3N6O3.